The number of hydrogen-bond acceptors (Lipinski definition) is 0. The Bertz CT molecular complexity index is 261. The highest BCUT2D eigenvalue weighted by Crippen LogP contribution is 2.21. The summed E-state index contributed by atoms with van der Waals surface area (Å²) in [5.41, 5.74) is 2.19. The Balaban J connectivity index is 2.99. The molecule has 58 valence electrons. The van der Waals surface area contributed by atoms with E-state index in [0.29, 0.717) is 10.1 Å². The van der Waals surface area contributed by atoms with Crippen LogP contribution in [0.5, 0.6) is 0 Å². The highest BCUT2D eigenvalue weighted by molar-refractivity contribution is 6.52. The summed E-state index contributed by atoms with van der Waals surface area (Å²) in [6.07, 6.45) is 0. The van der Waals surface area contributed by atoms with Gasteiger partial charge in [-0.05, 0) is 17.7 Å². The molecule has 1 rings (SSSR count). The second-order valence-electron chi connectivity index (χ2n) is 1.96. The van der Waals surface area contributed by atoms with Gasteiger partial charge in [0.25, 0.3) is 0 Å². The van der Waals surface area contributed by atoms with E-state index in [1.807, 2.05) is 12.1 Å². The zero-order valence-corrected chi connectivity index (χ0v) is 7.79. The summed E-state index contributed by atoms with van der Waals surface area (Å²) in [6.45, 7) is 0. The molecule has 1 aromatic rings. The van der Waals surface area contributed by atoms with Crippen molar-refractivity contribution in [3.63, 3.8) is 0 Å². The van der Waals surface area contributed by atoms with Crippen LogP contribution in [0.15, 0.2) is 29.8 Å². The molecule has 0 aliphatic carbocycles. The van der Waals surface area contributed by atoms with Gasteiger partial charge < -0.3 is 0 Å². The summed E-state index contributed by atoms with van der Waals surface area (Å²) in [6, 6.07) is 7.15. The first-order valence-electron chi connectivity index (χ1n) is 2.96. The fourth-order valence-corrected chi connectivity index (χ4v) is 1.05. The lowest BCUT2D eigenvalue weighted by Crippen LogP contribution is -1.73. The van der Waals surface area contributed by atoms with E-state index < -0.39 is 0 Å². The van der Waals surface area contributed by atoms with Gasteiger partial charge in [-0.3, -0.25) is 0 Å². The molecule has 1 aromatic carbocycles. The van der Waals surface area contributed by atoms with Crippen LogP contribution in [0.3, 0.4) is 0 Å². The summed E-state index contributed by atoms with van der Waals surface area (Å²) in [5, 5.41) is 1.20. The molecule has 0 spiro atoms. The molecule has 0 N–H and O–H groups in total. The lowest BCUT2D eigenvalue weighted by atomic mass is 10.2. The van der Waals surface area contributed by atoms with Gasteiger partial charge in [0.2, 0.25) is 0 Å². The van der Waals surface area contributed by atoms with Gasteiger partial charge in [-0.2, -0.15) is 0 Å². The monoisotopic (exact) mass is 206 g/mol. The van der Waals surface area contributed by atoms with Crippen molar-refractivity contribution in [2.75, 3.05) is 0 Å². The van der Waals surface area contributed by atoms with Crippen LogP contribution in [0.4, 0.5) is 0 Å². The molecule has 11 heavy (non-hydrogen) atoms. The fourth-order valence-electron chi connectivity index (χ4n) is 0.672. The van der Waals surface area contributed by atoms with Crippen LogP contribution in [0.1, 0.15) is 5.56 Å². The molecule has 0 aliphatic rings. The number of halogens is 3. The lowest BCUT2D eigenvalue weighted by molar-refractivity contribution is 1.65. The zero-order chi connectivity index (χ0) is 8.27. The Morgan fingerprint density at radius 3 is 2.18 bits per heavy atom. The predicted octanol–water partition coefficient (Wildman–Crippen LogP) is 4.12. The molecule has 0 nitrogen and oxygen atoms in total. The summed E-state index contributed by atoms with van der Waals surface area (Å²) in [7, 11) is 0. The molecule has 0 aromatic heterocycles. The van der Waals surface area contributed by atoms with Crippen LogP contribution >= 0.6 is 34.8 Å². The Kier molecular flexibility index (Phi) is 3.25. The van der Waals surface area contributed by atoms with Crippen molar-refractivity contribution in [2.45, 2.75) is 0 Å². The van der Waals surface area contributed by atoms with Gasteiger partial charge in [-0.15, -0.1) is 0 Å². The molecule has 0 heterocycles. The van der Waals surface area contributed by atoms with E-state index >= 15 is 0 Å². The highest BCUT2D eigenvalue weighted by Gasteiger charge is 1.95. The van der Waals surface area contributed by atoms with Gasteiger partial charge in [-0.1, -0.05) is 46.9 Å². The third-order valence-corrected chi connectivity index (χ3v) is 2.13. The van der Waals surface area contributed by atoms with Gasteiger partial charge in [0, 0.05) is 10.6 Å². The molecule has 3 heteroatoms. The quantitative estimate of drug-likeness (QED) is 0.650. The smallest absolute Gasteiger partial charge is 0.0591 e. The van der Waals surface area contributed by atoms with Crippen LogP contribution < -0.4 is 0 Å². The number of hydrogen-bond donors (Lipinski definition) is 0. The number of rotatable bonds is 1. The topological polar surface area (TPSA) is 0 Å². The van der Waals surface area contributed by atoms with E-state index in [1.165, 1.54) is 5.54 Å². The van der Waals surface area contributed by atoms with Gasteiger partial charge >= 0.3 is 0 Å². The maximum absolute atomic E-state index is 5.73. The molecule has 0 amide bonds. The largest absolute Gasteiger partial charge is 0.0913 e. The maximum atomic E-state index is 5.73. The Morgan fingerprint density at radius 1 is 1.18 bits per heavy atom. The predicted molar refractivity (Wildman–Crippen MR) is 51.1 cm³/mol. The SMILES string of the molecule is Cl/C=C(\Cl)c1ccc(Cl)cc1. The number of benzene rings is 1. The summed E-state index contributed by atoms with van der Waals surface area (Å²) in [5.74, 6) is 0. The van der Waals surface area contributed by atoms with Crippen molar-refractivity contribution in [1.82, 2.24) is 0 Å². The van der Waals surface area contributed by atoms with Crippen LogP contribution in [0.2, 0.25) is 5.02 Å². The summed E-state index contributed by atoms with van der Waals surface area (Å²) < 4.78 is 0. The molecule has 0 atom stereocenters. The average Bonchev–Trinajstić information content (AvgIpc) is 2.05. The highest BCUT2D eigenvalue weighted by atomic mass is 35.5. The van der Waals surface area contributed by atoms with Crippen molar-refractivity contribution >= 4 is 39.8 Å². The van der Waals surface area contributed by atoms with Crippen molar-refractivity contribution in [3.8, 4) is 0 Å². The minimum Gasteiger partial charge on any atom is -0.0913 e. The third kappa shape index (κ3) is 2.41. The van der Waals surface area contributed by atoms with Crippen molar-refractivity contribution in [2.24, 2.45) is 0 Å². The minimum atomic E-state index is 0.517. The van der Waals surface area contributed by atoms with E-state index in [0.717, 1.165) is 5.56 Å². The molecule has 0 bridgehead atoms. The first-order chi connectivity index (χ1) is 5.24. The van der Waals surface area contributed by atoms with E-state index in [4.69, 9.17) is 34.8 Å². The zero-order valence-electron chi connectivity index (χ0n) is 5.52. The summed E-state index contributed by atoms with van der Waals surface area (Å²) in [4.78, 5) is 0. The Labute approximate surface area is 80.4 Å². The van der Waals surface area contributed by atoms with Crippen LogP contribution in [-0.2, 0) is 0 Å². The second-order valence-corrected chi connectivity index (χ2v) is 3.03. The molecule has 0 fully saturated rings. The second kappa shape index (κ2) is 4.01. The van der Waals surface area contributed by atoms with E-state index in [9.17, 15) is 0 Å². The van der Waals surface area contributed by atoms with Gasteiger partial charge in [0.05, 0.1) is 5.03 Å². The molecule has 0 unspecified atom stereocenters. The van der Waals surface area contributed by atoms with Crippen LogP contribution in [-0.4, -0.2) is 0 Å². The molecule has 0 radical (unpaired) electrons. The maximum Gasteiger partial charge on any atom is 0.0591 e. The normalized spacial score (nSPS) is 11.7. The first-order valence-corrected chi connectivity index (χ1v) is 4.15. The standard InChI is InChI=1S/C8H5Cl3/c9-5-8(11)6-1-3-7(10)4-2-6/h1-5H/b8-5-. The summed E-state index contributed by atoms with van der Waals surface area (Å²) >= 11 is 16.8. The van der Waals surface area contributed by atoms with E-state index in [-0.39, 0.29) is 0 Å². The van der Waals surface area contributed by atoms with Crippen LogP contribution in [0.25, 0.3) is 5.03 Å². The molecule has 0 saturated carbocycles. The Morgan fingerprint density at radius 2 is 1.73 bits per heavy atom. The molecular formula is C8H5Cl3. The van der Waals surface area contributed by atoms with Gasteiger partial charge in [-0.25, -0.2) is 0 Å². The Hall–Kier alpha value is -0.170. The average molecular weight is 207 g/mol. The van der Waals surface area contributed by atoms with E-state index in [2.05, 4.69) is 0 Å². The third-order valence-electron chi connectivity index (χ3n) is 1.22. The van der Waals surface area contributed by atoms with Crippen LogP contribution in [0, 0.1) is 0 Å². The van der Waals surface area contributed by atoms with Gasteiger partial charge in [0.15, 0.2) is 0 Å². The first kappa shape index (κ1) is 8.92. The fraction of sp³-hybridized carbons (Fsp3) is 0. The molecular weight excluding hydrogens is 202 g/mol. The lowest BCUT2D eigenvalue weighted by Gasteiger charge is -1.96. The van der Waals surface area contributed by atoms with Crippen molar-refractivity contribution < 1.29 is 0 Å². The van der Waals surface area contributed by atoms with Gasteiger partial charge in [0.1, 0.15) is 0 Å². The minimum absolute atomic E-state index is 0.517. The van der Waals surface area contributed by atoms with E-state index in [1.54, 1.807) is 12.1 Å². The van der Waals surface area contributed by atoms with Crippen molar-refractivity contribution in [1.29, 1.82) is 0 Å². The molecule has 0 aliphatic heterocycles. The van der Waals surface area contributed by atoms with Crippen molar-refractivity contribution in [3.05, 3.63) is 40.4 Å². The molecule has 0 saturated heterocycles.